The number of hydrogen-bond donors (Lipinski definition) is 1. The maximum Gasteiger partial charge on any atom is 0.293 e. The monoisotopic (exact) mass is 445 g/mol. The van der Waals surface area contributed by atoms with Gasteiger partial charge in [0.25, 0.3) is 11.1 Å². The zero-order valence-electron chi connectivity index (χ0n) is 17.8. The van der Waals surface area contributed by atoms with Gasteiger partial charge in [-0.3, -0.25) is 24.2 Å². The van der Waals surface area contributed by atoms with Crippen molar-refractivity contribution in [1.29, 1.82) is 0 Å². The second-order valence-electron chi connectivity index (χ2n) is 7.93. The Kier molecular flexibility index (Phi) is 6.52. The lowest BCUT2D eigenvalue weighted by Gasteiger charge is -2.21. The maximum absolute atomic E-state index is 12.7. The Morgan fingerprint density at radius 2 is 1.81 bits per heavy atom. The number of nitrogens with one attached hydrogen (secondary N) is 1. The Balaban J connectivity index is 1.31. The molecule has 3 fully saturated rings. The van der Waals surface area contributed by atoms with Gasteiger partial charge in [-0.05, 0) is 61.2 Å². The maximum atomic E-state index is 12.7. The Bertz CT molecular complexity index is 898. The van der Waals surface area contributed by atoms with Crippen molar-refractivity contribution in [2.45, 2.75) is 37.8 Å². The van der Waals surface area contributed by atoms with Crippen LogP contribution in [0.5, 0.6) is 11.5 Å². The molecule has 0 aromatic heterocycles. The fourth-order valence-corrected chi connectivity index (χ4v) is 5.46. The summed E-state index contributed by atoms with van der Waals surface area (Å²) in [5, 5.41) is 2.52. The van der Waals surface area contributed by atoms with Crippen LogP contribution in [0.25, 0.3) is 6.08 Å². The number of nitrogens with zero attached hydrogens (tertiary/aromatic N) is 2. The highest BCUT2D eigenvalue weighted by molar-refractivity contribution is 8.18. The molecule has 2 bridgehead atoms. The lowest BCUT2D eigenvalue weighted by molar-refractivity contribution is -0.125. The van der Waals surface area contributed by atoms with Gasteiger partial charge < -0.3 is 14.8 Å². The first-order valence-corrected chi connectivity index (χ1v) is 11.3. The van der Waals surface area contributed by atoms with Gasteiger partial charge in [0.15, 0.2) is 11.5 Å². The average molecular weight is 446 g/mol. The Hall–Kier alpha value is -2.52. The quantitative estimate of drug-likeness (QED) is 0.615. The fourth-order valence-electron chi connectivity index (χ4n) is 4.59. The van der Waals surface area contributed by atoms with Crippen LogP contribution in [0, 0.1) is 0 Å². The van der Waals surface area contributed by atoms with E-state index in [2.05, 4.69) is 10.2 Å². The molecule has 31 heavy (non-hydrogen) atoms. The predicted octanol–water partition coefficient (Wildman–Crippen LogP) is 2.48. The summed E-state index contributed by atoms with van der Waals surface area (Å²) < 4.78 is 10.5. The van der Waals surface area contributed by atoms with Crippen LogP contribution in [0.2, 0.25) is 0 Å². The number of carbonyl (C=O) groups excluding carboxylic acids is 3. The molecule has 1 aromatic rings. The highest BCUT2D eigenvalue weighted by atomic mass is 32.2. The van der Waals surface area contributed by atoms with Gasteiger partial charge in [-0.1, -0.05) is 6.07 Å². The van der Waals surface area contributed by atoms with Crippen LogP contribution in [-0.2, 0) is 9.59 Å². The minimum absolute atomic E-state index is 0.0494. The van der Waals surface area contributed by atoms with Crippen LogP contribution < -0.4 is 14.8 Å². The Morgan fingerprint density at radius 3 is 2.45 bits per heavy atom. The number of methoxy groups -OCH3 is 2. The van der Waals surface area contributed by atoms with Gasteiger partial charge in [0.2, 0.25) is 5.91 Å². The minimum Gasteiger partial charge on any atom is -0.493 e. The first kappa shape index (κ1) is 21.7. The molecule has 0 atom stereocenters. The SMILES string of the molecule is COc1ccc(/C=C2\SC(=O)N(CCNC(=O)CN3C4CCC3CC4)C2=O)cc1OC. The van der Waals surface area contributed by atoms with Crippen LogP contribution in [0.4, 0.5) is 4.79 Å². The third-order valence-corrected chi connectivity index (χ3v) is 7.07. The van der Waals surface area contributed by atoms with E-state index in [4.69, 9.17) is 9.47 Å². The average Bonchev–Trinajstić information content (AvgIpc) is 3.42. The van der Waals surface area contributed by atoms with Crippen molar-refractivity contribution in [3.63, 3.8) is 0 Å². The van der Waals surface area contributed by atoms with Gasteiger partial charge in [-0.15, -0.1) is 0 Å². The molecule has 1 aromatic carbocycles. The van der Waals surface area contributed by atoms with Crippen molar-refractivity contribution in [2.24, 2.45) is 0 Å². The lowest BCUT2D eigenvalue weighted by Crippen LogP contribution is -2.43. The molecule has 3 heterocycles. The van der Waals surface area contributed by atoms with E-state index in [1.807, 2.05) is 0 Å². The zero-order valence-corrected chi connectivity index (χ0v) is 18.6. The summed E-state index contributed by atoms with van der Waals surface area (Å²) in [6.45, 7) is 0.812. The number of hydrogen-bond acceptors (Lipinski definition) is 7. The van der Waals surface area contributed by atoms with Crippen LogP contribution >= 0.6 is 11.8 Å². The Morgan fingerprint density at radius 1 is 1.13 bits per heavy atom. The van der Waals surface area contributed by atoms with Gasteiger partial charge in [0.05, 0.1) is 25.7 Å². The number of rotatable bonds is 8. The number of imide groups is 1. The van der Waals surface area contributed by atoms with E-state index in [9.17, 15) is 14.4 Å². The van der Waals surface area contributed by atoms with Crippen LogP contribution in [0.3, 0.4) is 0 Å². The number of carbonyl (C=O) groups is 3. The molecule has 3 saturated heterocycles. The Labute approximate surface area is 185 Å². The number of ether oxygens (including phenoxy) is 2. The van der Waals surface area contributed by atoms with Crippen molar-refractivity contribution >= 4 is 34.9 Å². The molecule has 1 N–H and O–H groups in total. The largest absolute Gasteiger partial charge is 0.493 e. The molecule has 0 saturated carbocycles. The summed E-state index contributed by atoms with van der Waals surface area (Å²) in [5.41, 5.74) is 0.733. The summed E-state index contributed by atoms with van der Waals surface area (Å²) in [5.74, 6) is 0.735. The number of benzene rings is 1. The summed E-state index contributed by atoms with van der Waals surface area (Å²) in [7, 11) is 3.09. The molecule has 0 aliphatic carbocycles. The predicted molar refractivity (Wildman–Crippen MR) is 118 cm³/mol. The molecule has 0 spiro atoms. The van der Waals surface area contributed by atoms with E-state index in [0.29, 0.717) is 35.0 Å². The van der Waals surface area contributed by atoms with Crippen molar-refractivity contribution < 1.29 is 23.9 Å². The van der Waals surface area contributed by atoms with Gasteiger partial charge in [0.1, 0.15) is 0 Å². The highest BCUT2D eigenvalue weighted by Gasteiger charge is 2.40. The molecule has 166 valence electrons. The van der Waals surface area contributed by atoms with E-state index in [0.717, 1.165) is 17.3 Å². The molecule has 4 rings (SSSR count). The fraction of sp³-hybridized carbons (Fsp3) is 0.500. The van der Waals surface area contributed by atoms with Crippen molar-refractivity contribution in [3.8, 4) is 11.5 Å². The first-order chi connectivity index (χ1) is 15.0. The highest BCUT2D eigenvalue weighted by Crippen LogP contribution is 2.37. The molecule has 9 heteroatoms. The van der Waals surface area contributed by atoms with Gasteiger partial charge in [0, 0.05) is 25.2 Å². The number of thioether (sulfide) groups is 1. The van der Waals surface area contributed by atoms with E-state index in [1.54, 1.807) is 38.5 Å². The zero-order chi connectivity index (χ0) is 22.0. The van der Waals surface area contributed by atoms with Crippen molar-refractivity contribution in [3.05, 3.63) is 28.7 Å². The van der Waals surface area contributed by atoms with E-state index in [-0.39, 0.29) is 30.1 Å². The normalized spacial score (nSPS) is 24.3. The van der Waals surface area contributed by atoms with Gasteiger partial charge in [-0.25, -0.2) is 0 Å². The van der Waals surface area contributed by atoms with Crippen LogP contribution in [0.1, 0.15) is 31.2 Å². The molecule has 3 aliphatic rings. The van der Waals surface area contributed by atoms with E-state index >= 15 is 0 Å². The lowest BCUT2D eigenvalue weighted by atomic mass is 10.0. The van der Waals surface area contributed by atoms with E-state index < -0.39 is 0 Å². The van der Waals surface area contributed by atoms with Gasteiger partial charge in [-0.2, -0.15) is 0 Å². The van der Waals surface area contributed by atoms with Crippen molar-refractivity contribution in [1.82, 2.24) is 15.1 Å². The first-order valence-electron chi connectivity index (χ1n) is 10.5. The molecule has 8 nitrogen and oxygen atoms in total. The molecule has 0 unspecified atom stereocenters. The summed E-state index contributed by atoms with van der Waals surface area (Å²) >= 11 is 0.899. The minimum atomic E-state index is -0.350. The molecule has 0 radical (unpaired) electrons. The third kappa shape index (κ3) is 4.57. The molecule has 3 amide bonds. The summed E-state index contributed by atoms with van der Waals surface area (Å²) in [4.78, 5) is 41.1. The van der Waals surface area contributed by atoms with Gasteiger partial charge >= 0.3 is 0 Å². The number of amides is 3. The topological polar surface area (TPSA) is 88.2 Å². The van der Waals surface area contributed by atoms with Crippen molar-refractivity contribution in [2.75, 3.05) is 33.9 Å². The standard InChI is InChI=1S/C22H27N3O5S/c1-29-17-8-3-14(11-18(17)30-2)12-19-21(27)24(22(28)31-19)10-9-23-20(26)13-25-15-4-5-16(25)7-6-15/h3,8,11-12,15-16H,4-7,9-10,13H2,1-2H3,(H,23,26)/b19-12-. The second kappa shape index (κ2) is 9.32. The second-order valence-corrected chi connectivity index (χ2v) is 8.93. The van der Waals surface area contributed by atoms with E-state index in [1.165, 1.54) is 30.6 Å². The molecule has 3 aliphatic heterocycles. The number of fused-ring (bicyclic) bond motifs is 2. The summed E-state index contributed by atoms with van der Waals surface area (Å²) in [6.07, 6.45) is 6.39. The van der Waals surface area contributed by atoms with Crippen LogP contribution in [0.15, 0.2) is 23.1 Å². The molecular formula is C22H27N3O5S. The summed E-state index contributed by atoms with van der Waals surface area (Å²) in [6, 6.07) is 6.37. The van der Waals surface area contributed by atoms with Crippen LogP contribution in [-0.4, -0.2) is 72.8 Å². The molecular weight excluding hydrogens is 418 g/mol. The third-order valence-electron chi connectivity index (χ3n) is 6.17. The smallest absolute Gasteiger partial charge is 0.293 e.